The van der Waals surface area contributed by atoms with E-state index in [0.29, 0.717) is 11.3 Å². The molecule has 0 atom stereocenters. The third kappa shape index (κ3) is 6.06. The molecule has 0 aliphatic carbocycles. The number of benzene rings is 2. The number of para-hydroxylation sites is 1. The van der Waals surface area contributed by atoms with E-state index in [-0.39, 0.29) is 29.8 Å². The van der Waals surface area contributed by atoms with E-state index >= 15 is 0 Å². The summed E-state index contributed by atoms with van der Waals surface area (Å²) in [6.45, 7) is 14.3. The standard InChI is InChI=1S/C27H38N4O2/c1-17(2)21-10-9-11-22(18(3)4)25(21)30-27(33)29-20-12-13-24(31-14-7-8-15-31)23(16-20)26(32)28-19(5)6/h9-13,16-19H,7-8,14-15H2,1-6H3,(H,28,32)(H2,29,30,33). The Kier molecular flexibility index (Phi) is 8.01. The molecule has 0 unspecified atom stereocenters. The van der Waals surface area contributed by atoms with Crippen molar-refractivity contribution in [3.63, 3.8) is 0 Å². The molecular weight excluding hydrogens is 412 g/mol. The van der Waals surface area contributed by atoms with Crippen LogP contribution >= 0.6 is 0 Å². The number of hydrogen-bond acceptors (Lipinski definition) is 3. The summed E-state index contributed by atoms with van der Waals surface area (Å²) in [6, 6.07) is 11.5. The molecule has 6 heteroatoms. The Morgan fingerprint density at radius 2 is 1.45 bits per heavy atom. The van der Waals surface area contributed by atoms with E-state index in [0.717, 1.165) is 48.4 Å². The van der Waals surface area contributed by atoms with Crippen molar-refractivity contribution < 1.29 is 9.59 Å². The Hall–Kier alpha value is -3.02. The summed E-state index contributed by atoms with van der Waals surface area (Å²) < 4.78 is 0. The van der Waals surface area contributed by atoms with E-state index in [1.54, 1.807) is 6.07 Å². The maximum Gasteiger partial charge on any atom is 0.323 e. The van der Waals surface area contributed by atoms with Gasteiger partial charge in [0, 0.05) is 36.2 Å². The minimum atomic E-state index is -0.311. The van der Waals surface area contributed by atoms with E-state index in [9.17, 15) is 9.59 Å². The van der Waals surface area contributed by atoms with Crippen LogP contribution in [0.5, 0.6) is 0 Å². The maximum absolute atomic E-state index is 13.0. The Bertz CT molecular complexity index is 965. The van der Waals surface area contributed by atoms with Crippen LogP contribution in [0.4, 0.5) is 21.9 Å². The van der Waals surface area contributed by atoms with Crippen LogP contribution in [0.1, 0.15) is 87.7 Å². The highest BCUT2D eigenvalue weighted by Crippen LogP contribution is 2.33. The van der Waals surface area contributed by atoms with E-state index in [4.69, 9.17) is 0 Å². The first kappa shape index (κ1) is 24.6. The number of rotatable bonds is 7. The zero-order chi connectivity index (χ0) is 24.1. The maximum atomic E-state index is 13.0. The van der Waals surface area contributed by atoms with Crippen molar-refractivity contribution in [2.45, 2.75) is 72.3 Å². The van der Waals surface area contributed by atoms with Crippen molar-refractivity contribution in [1.82, 2.24) is 5.32 Å². The number of nitrogens with one attached hydrogen (secondary N) is 3. The lowest BCUT2D eigenvalue weighted by molar-refractivity contribution is 0.0943. The first-order chi connectivity index (χ1) is 15.7. The number of nitrogens with zero attached hydrogens (tertiary/aromatic N) is 1. The molecule has 3 amide bonds. The van der Waals surface area contributed by atoms with Gasteiger partial charge < -0.3 is 20.9 Å². The average Bonchev–Trinajstić information content (AvgIpc) is 3.27. The second kappa shape index (κ2) is 10.7. The van der Waals surface area contributed by atoms with E-state index in [2.05, 4.69) is 60.7 Å². The zero-order valence-electron chi connectivity index (χ0n) is 20.8. The monoisotopic (exact) mass is 450 g/mol. The van der Waals surface area contributed by atoms with Crippen molar-refractivity contribution in [1.29, 1.82) is 0 Å². The molecule has 0 radical (unpaired) electrons. The summed E-state index contributed by atoms with van der Waals surface area (Å²) in [4.78, 5) is 28.2. The fourth-order valence-electron chi connectivity index (χ4n) is 4.34. The van der Waals surface area contributed by atoms with Crippen LogP contribution in [0.2, 0.25) is 0 Å². The van der Waals surface area contributed by atoms with Crippen molar-refractivity contribution in [3.05, 3.63) is 53.1 Å². The predicted molar refractivity (Wildman–Crippen MR) is 138 cm³/mol. The van der Waals surface area contributed by atoms with Gasteiger partial charge in [-0.1, -0.05) is 45.9 Å². The Balaban J connectivity index is 1.86. The second-order valence-corrected chi connectivity index (χ2v) is 9.75. The highest BCUT2D eigenvalue weighted by molar-refractivity contribution is 6.04. The molecule has 0 saturated carbocycles. The minimum Gasteiger partial charge on any atom is -0.371 e. The number of urea groups is 1. The highest BCUT2D eigenvalue weighted by Gasteiger charge is 2.21. The summed E-state index contributed by atoms with van der Waals surface area (Å²) >= 11 is 0. The van der Waals surface area contributed by atoms with Crippen molar-refractivity contribution in [2.24, 2.45) is 0 Å². The molecule has 178 valence electrons. The van der Waals surface area contributed by atoms with Crippen LogP contribution in [0.3, 0.4) is 0 Å². The molecule has 0 aromatic heterocycles. The number of carbonyl (C=O) groups excluding carboxylic acids is 2. The van der Waals surface area contributed by atoms with Gasteiger partial charge in [-0.05, 0) is 67.9 Å². The largest absolute Gasteiger partial charge is 0.371 e. The Morgan fingerprint density at radius 3 is 2.00 bits per heavy atom. The number of hydrogen-bond donors (Lipinski definition) is 3. The van der Waals surface area contributed by atoms with Gasteiger partial charge in [0.05, 0.1) is 5.56 Å². The number of carbonyl (C=O) groups is 2. The van der Waals surface area contributed by atoms with Gasteiger partial charge in [0.25, 0.3) is 5.91 Å². The van der Waals surface area contributed by atoms with Crippen LogP contribution in [-0.2, 0) is 0 Å². The third-order valence-electron chi connectivity index (χ3n) is 5.98. The molecule has 1 saturated heterocycles. The molecule has 3 N–H and O–H groups in total. The molecule has 6 nitrogen and oxygen atoms in total. The number of amides is 3. The zero-order valence-corrected chi connectivity index (χ0v) is 20.8. The van der Waals surface area contributed by atoms with Gasteiger partial charge in [0.1, 0.15) is 0 Å². The minimum absolute atomic E-state index is 0.0332. The Labute approximate surface area is 198 Å². The normalized spacial score (nSPS) is 13.7. The van der Waals surface area contributed by atoms with Crippen molar-refractivity contribution in [3.8, 4) is 0 Å². The number of anilines is 3. The summed E-state index contributed by atoms with van der Waals surface area (Å²) in [5.41, 5.74) is 5.19. The summed E-state index contributed by atoms with van der Waals surface area (Å²) in [6.07, 6.45) is 2.25. The molecule has 2 aromatic carbocycles. The first-order valence-corrected chi connectivity index (χ1v) is 12.1. The third-order valence-corrected chi connectivity index (χ3v) is 5.98. The van der Waals surface area contributed by atoms with Crippen molar-refractivity contribution in [2.75, 3.05) is 28.6 Å². The van der Waals surface area contributed by atoms with Crippen LogP contribution < -0.4 is 20.9 Å². The summed E-state index contributed by atoms with van der Waals surface area (Å²) in [5, 5.41) is 9.01. The molecule has 2 aromatic rings. The van der Waals surface area contributed by atoms with E-state index in [1.807, 2.05) is 32.0 Å². The fourth-order valence-corrected chi connectivity index (χ4v) is 4.34. The van der Waals surface area contributed by atoms with Gasteiger partial charge in [0.15, 0.2) is 0 Å². The van der Waals surface area contributed by atoms with Gasteiger partial charge in [-0.15, -0.1) is 0 Å². The molecule has 1 aliphatic heterocycles. The first-order valence-electron chi connectivity index (χ1n) is 12.1. The quantitative estimate of drug-likeness (QED) is 0.462. The van der Waals surface area contributed by atoms with Gasteiger partial charge in [-0.3, -0.25) is 4.79 Å². The van der Waals surface area contributed by atoms with Gasteiger partial charge in [-0.25, -0.2) is 4.79 Å². The van der Waals surface area contributed by atoms with E-state index < -0.39 is 0 Å². The molecule has 1 fully saturated rings. The SMILES string of the molecule is CC(C)NC(=O)c1cc(NC(=O)Nc2c(C(C)C)cccc2C(C)C)ccc1N1CCCC1. The lowest BCUT2D eigenvalue weighted by atomic mass is 9.93. The van der Waals surface area contributed by atoms with Crippen LogP contribution in [0.25, 0.3) is 0 Å². The van der Waals surface area contributed by atoms with Crippen molar-refractivity contribution >= 4 is 29.0 Å². The molecule has 0 bridgehead atoms. The van der Waals surface area contributed by atoms with Gasteiger partial charge >= 0.3 is 6.03 Å². The molecule has 3 rings (SSSR count). The predicted octanol–water partition coefficient (Wildman–Crippen LogP) is 6.32. The lowest BCUT2D eigenvalue weighted by Crippen LogP contribution is -2.32. The smallest absolute Gasteiger partial charge is 0.323 e. The topological polar surface area (TPSA) is 73.5 Å². The Morgan fingerprint density at radius 1 is 0.848 bits per heavy atom. The van der Waals surface area contributed by atoms with Crippen LogP contribution in [0, 0.1) is 0 Å². The summed E-state index contributed by atoms with van der Waals surface area (Å²) in [5.74, 6) is 0.443. The molecule has 33 heavy (non-hydrogen) atoms. The average molecular weight is 451 g/mol. The molecule has 0 spiro atoms. The molecule has 1 heterocycles. The van der Waals surface area contributed by atoms with Gasteiger partial charge in [-0.2, -0.15) is 0 Å². The van der Waals surface area contributed by atoms with E-state index in [1.165, 1.54) is 0 Å². The lowest BCUT2D eigenvalue weighted by Gasteiger charge is -2.23. The van der Waals surface area contributed by atoms with Gasteiger partial charge in [0.2, 0.25) is 0 Å². The van der Waals surface area contributed by atoms with Crippen LogP contribution in [-0.4, -0.2) is 31.1 Å². The highest BCUT2D eigenvalue weighted by atomic mass is 16.2. The second-order valence-electron chi connectivity index (χ2n) is 9.75. The van der Waals surface area contributed by atoms with Crippen LogP contribution in [0.15, 0.2) is 36.4 Å². The summed E-state index contributed by atoms with van der Waals surface area (Å²) in [7, 11) is 0. The molecule has 1 aliphatic rings. The fraction of sp³-hybridized carbons (Fsp3) is 0.481. The molecular formula is C27H38N4O2.